The Morgan fingerprint density at radius 2 is 2.20 bits per heavy atom. The summed E-state index contributed by atoms with van der Waals surface area (Å²) in [5.74, 6) is -0.795. The predicted molar refractivity (Wildman–Crippen MR) is 92.9 cm³/mol. The summed E-state index contributed by atoms with van der Waals surface area (Å²) in [7, 11) is 0. The van der Waals surface area contributed by atoms with E-state index in [1.807, 2.05) is 0 Å². The standard InChI is InChI=1S/C17H18FN5O2/c1-10-14(22-15(24)8-12-3-2-11(19)9-21-12)5-4-13(18)16(10)23-7-6-20-17(23)25/h2-5,9H,6-8,19H2,1H3,(H,20,25)(H,22,24). The molecule has 0 unspecified atom stereocenters. The Morgan fingerprint density at radius 3 is 2.84 bits per heavy atom. The summed E-state index contributed by atoms with van der Waals surface area (Å²) in [6, 6.07) is 5.72. The lowest BCUT2D eigenvalue weighted by Gasteiger charge is -2.20. The maximum Gasteiger partial charge on any atom is 0.322 e. The maximum atomic E-state index is 14.2. The number of benzene rings is 1. The third-order valence-corrected chi connectivity index (χ3v) is 3.97. The summed E-state index contributed by atoms with van der Waals surface area (Å²) in [5, 5.41) is 5.38. The minimum Gasteiger partial charge on any atom is -0.397 e. The average Bonchev–Trinajstić information content (AvgIpc) is 2.99. The lowest BCUT2D eigenvalue weighted by atomic mass is 10.1. The van der Waals surface area contributed by atoms with Gasteiger partial charge in [-0.1, -0.05) is 0 Å². The molecule has 7 nitrogen and oxygen atoms in total. The molecule has 2 heterocycles. The molecule has 4 N–H and O–H groups in total. The Balaban J connectivity index is 1.79. The molecule has 1 aliphatic rings. The molecule has 8 heteroatoms. The number of nitrogens with two attached hydrogens (primary N) is 1. The number of carbonyl (C=O) groups is 2. The van der Waals surface area contributed by atoms with E-state index >= 15 is 0 Å². The Morgan fingerprint density at radius 1 is 1.40 bits per heavy atom. The highest BCUT2D eigenvalue weighted by atomic mass is 19.1. The van der Waals surface area contributed by atoms with Crippen LogP contribution in [0.5, 0.6) is 0 Å². The fourth-order valence-corrected chi connectivity index (χ4v) is 2.72. The molecular weight excluding hydrogens is 325 g/mol. The van der Waals surface area contributed by atoms with Crippen LogP contribution in [0.15, 0.2) is 30.5 Å². The summed E-state index contributed by atoms with van der Waals surface area (Å²) >= 11 is 0. The Bertz CT molecular complexity index is 823. The van der Waals surface area contributed by atoms with Crippen molar-refractivity contribution in [3.8, 4) is 0 Å². The Kier molecular flexibility index (Phi) is 4.51. The maximum absolute atomic E-state index is 14.2. The highest BCUT2D eigenvalue weighted by Crippen LogP contribution is 2.31. The molecule has 1 fully saturated rings. The fourth-order valence-electron chi connectivity index (χ4n) is 2.72. The zero-order valence-electron chi connectivity index (χ0n) is 13.7. The number of nitrogens with zero attached hydrogens (tertiary/aromatic N) is 2. The van der Waals surface area contributed by atoms with E-state index in [1.165, 1.54) is 23.2 Å². The van der Waals surface area contributed by atoms with Crippen LogP contribution in [0.3, 0.4) is 0 Å². The molecule has 1 aromatic carbocycles. The second-order valence-electron chi connectivity index (χ2n) is 5.76. The van der Waals surface area contributed by atoms with Gasteiger partial charge >= 0.3 is 6.03 Å². The molecule has 0 atom stereocenters. The third kappa shape index (κ3) is 3.52. The van der Waals surface area contributed by atoms with Crippen molar-refractivity contribution >= 4 is 29.0 Å². The SMILES string of the molecule is Cc1c(NC(=O)Cc2ccc(N)cn2)ccc(F)c1N1CCNC1=O. The molecule has 3 amide bonds. The normalized spacial score (nSPS) is 13.7. The van der Waals surface area contributed by atoms with E-state index in [2.05, 4.69) is 15.6 Å². The van der Waals surface area contributed by atoms with Gasteiger partial charge in [-0.2, -0.15) is 0 Å². The molecule has 1 saturated heterocycles. The van der Waals surface area contributed by atoms with Crippen molar-refractivity contribution in [2.75, 3.05) is 29.0 Å². The summed E-state index contributed by atoms with van der Waals surface area (Å²) < 4.78 is 14.2. The molecule has 0 radical (unpaired) electrons. The second-order valence-corrected chi connectivity index (χ2v) is 5.76. The predicted octanol–water partition coefficient (Wildman–Crippen LogP) is 1.82. The van der Waals surface area contributed by atoms with Gasteiger partial charge in [0.05, 0.1) is 24.0 Å². The van der Waals surface area contributed by atoms with Crippen LogP contribution in [-0.2, 0) is 11.2 Å². The quantitative estimate of drug-likeness (QED) is 0.788. The lowest BCUT2D eigenvalue weighted by Crippen LogP contribution is -2.29. The van der Waals surface area contributed by atoms with Crippen molar-refractivity contribution in [3.63, 3.8) is 0 Å². The summed E-state index contributed by atoms with van der Waals surface area (Å²) in [4.78, 5) is 29.5. The van der Waals surface area contributed by atoms with Crippen LogP contribution in [0, 0.1) is 12.7 Å². The number of pyridine rings is 1. The fraction of sp³-hybridized carbons (Fsp3) is 0.235. The number of aromatic nitrogens is 1. The number of anilines is 3. The number of nitrogen functional groups attached to an aromatic ring is 1. The van der Waals surface area contributed by atoms with E-state index < -0.39 is 5.82 Å². The monoisotopic (exact) mass is 343 g/mol. The zero-order valence-corrected chi connectivity index (χ0v) is 13.7. The molecule has 0 bridgehead atoms. The van der Waals surface area contributed by atoms with Gasteiger partial charge in [-0.3, -0.25) is 14.7 Å². The van der Waals surface area contributed by atoms with Crippen LogP contribution in [0.4, 0.5) is 26.2 Å². The van der Waals surface area contributed by atoms with Gasteiger partial charge in [0.25, 0.3) is 0 Å². The first-order valence-electron chi connectivity index (χ1n) is 7.80. The second kappa shape index (κ2) is 6.76. The highest BCUT2D eigenvalue weighted by molar-refractivity contribution is 5.98. The number of carbonyl (C=O) groups excluding carboxylic acids is 2. The highest BCUT2D eigenvalue weighted by Gasteiger charge is 2.26. The molecule has 130 valence electrons. The molecule has 1 aromatic heterocycles. The summed E-state index contributed by atoms with van der Waals surface area (Å²) in [6.45, 7) is 2.50. The van der Waals surface area contributed by atoms with E-state index in [-0.39, 0.29) is 24.0 Å². The van der Waals surface area contributed by atoms with Crippen LogP contribution < -0.4 is 21.3 Å². The van der Waals surface area contributed by atoms with E-state index in [4.69, 9.17) is 5.73 Å². The summed E-state index contributed by atoms with van der Waals surface area (Å²) in [6.07, 6.45) is 1.55. The smallest absolute Gasteiger partial charge is 0.322 e. The number of nitrogens with one attached hydrogen (secondary N) is 2. The van der Waals surface area contributed by atoms with E-state index in [0.717, 1.165) is 0 Å². The van der Waals surface area contributed by atoms with Crippen molar-refractivity contribution in [3.05, 3.63) is 47.5 Å². The van der Waals surface area contributed by atoms with Gasteiger partial charge in [0, 0.05) is 24.5 Å². The largest absolute Gasteiger partial charge is 0.397 e. The molecule has 0 aliphatic carbocycles. The first-order chi connectivity index (χ1) is 12.0. The van der Waals surface area contributed by atoms with E-state index in [9.17, 15) is 14.0 Å². The lowest BCUT2D eigenvalue weighted by molar-refractivity contribution is -0.115. The average molecular weight is 343 g/mol. The minimum absolute atomic E-state index is 0.0661. The summed E-state index contributed by atoms with van der Waals surface area (Å²) in [5.41, 5.74) is 7.79. The zero-order chi connectivity index (χ0) is 18.0. The first kappa shape index (κ1) is 16.7. The molecular formula is C17H18FN5O2. The first-order valence-corrected chi connectivity index (χ1v) is 7.80. The van der Waals surface area contributed by atoms with Crippen molar-refractivity contribution < 1.29 is 14.0 Å². The van der Waals surface area contributed by atoms with Gasteiger partial charge in [-0.25, -0.2) is 9.18 Å². The molecule has 1 aliphatic heterocycles. The van der Waals surface area contributed by atoms with Crippen LogP contribution in [0.2, 0.25) is 0 Å². The molecule has 0 spiro atoms. The van der Waals surface area contributed by atoms with Gasteiger partial charge < -0.3 is 16.4 Å². The number of hydrogen-bond acceptors (Lipinski definition) is 4. The number of halogens is 1. The van der Waals surface area contributed by atoms with Gasteiger partial charge in [0.1, 0.15) is 5.82 Å². The van der Waals surface area contributed by atoms with Crippen LogP contribution >= 0.6 is 0 Å². The van der Waals surface area contributed by atoms with Crippen molar-refractivity contribution in [2.24, 2.45) is 0 Å². The number of rotatable bonds is 4. The Hall–Kier alpha value is -3.16. The number of hydrogen-bond donors (Lipinski definition) is 3. The van der Waals surface area contributed by atoms with E-state index in [1.54, 1.807) is 19.1 Å². The van der Waals surface area contributed by atoms with Crippen molar-refractivity contribution in [2.45, 2.75) is 13.3 Å². The number of urea groups is 1. The van der Waals surface area contributed by atoms with Crippen molar-refractivity contribution in [1.82, 2.24) is 10.3 Å². The number of amides is 3. The van der Waals surface area contributed by atoms with Gasteiger partial charge in [-0.05, 0) is 36.8 Å². The van der Waals surface area contributed by atoms with Gasteiger partial charge in [0.15, 0.2) is 0 Å². The van der Waals surface area contributed by atoms with E-state index in [0.29, 0.717) is 35.7 Å². The molecule has 0 saturated carbocycles. The molecule has 3 rings (SSSR count). The third-order valence-electron chi connectivity index (χ3n) is 3.97. The minimum atomic E-state index is -0.507. The van der Waals surface area contributed by atoms with Crippen LogP contribution in [0.1, 0.15) is 11.3 Å². The Labute approximate surface area is 144 Å². The molecule has 2 aromatic rings. The van der Waals surface area contributed by atoms with Gasteiger partial charge in [-0.15, -0.1) is 0 Å². The van der Waals surface area contributed by atoms with Crippen LogP contribution in [-0.4, -0.2) is 30.0 Å². The molecule has 25 heavy (non-hydrogen) atoms. The van der Waals surface area contributed by atoms with Gasteiger partial charge in [0.2, 0.25) is 5.91 Å². The van der Waals surface area contributed by atoms with Crippen molar-refractivity contribution in [1.29, 1.82) is 0 Å². The topological polar surface area (TPSA) is 100 Å². The van der Waals surface area contributed by atoms with Crippen LogP contribution in [0.25, 0.3) is 0 Å².